The molecule has 1 heterocycles. The number of aromatic nitrogens is 2. The molecule has 7 heteroatoms. The molecular formula is C13H10N4O2S. The number of anilines is 1. The van der Waals surface area contributed by atoms with E-state index in [-0.39, 0.29) is 5.57 Å². The minimum absolute atomic E-state index is 0.0338. The average molecular weight is 286 g/mol. The van der Waals surface area contributed by atoms with Crippen molar-refractivity contribution < 1.29 is 9.53 Å². The van der Waals surface area contributed by atoms with Crippen LogP contribution in [0.2, 0.25) is 0 Å². The minimum atomic E-state index is -0.495. The molecule has 0 aliphatic rings. The Bertz CT molecular complexity index is 657. The van der Waals surface area contributed by atoms with Gasteiger partial charge in [0, 0.05) is 11.1 Å². The van der Waals surface area contributed by atoms with Crippen LogP contribution in [-0.4, -0.2) is 22.6 Å². The van der Waals surface area contributed by atoms with E-state index in [0.29, 0.717) is 17.1 Å². The molecule has 0 aliphatic carbocycles. The first kappa shape index (κ1) is 13.7. The number of carbonyl (C=O) groups is 1. The summed E-state index contributed by atoms with van der Waals surface area (Å²) in [5.74, 6) is 0.193. The fourth-order valence-corrected chi connectivity index (χ4v) is 1.82. The highest BCUT2D eigenvalue weighted by molar-refractivity contribution is 7.03. The number of hydrogen-bond donors (Lipinski definition) is 1. The molecule has 1 aromatic heterocycles. The Balaban J connectivity index is 2.11. The SMILES string of the molecule is COc1ccc(NC(=O)/C(C#N)=C/c2csnn2)cc1. The summed E-state index contributed by atoms with van der Waals surface area (Å²) in [4.78, 5) is 11.9. The van der Waals surface area contributed by atoms with E-state index >= 15 is 0 Å². The highest BCUT2D eigenvalue weighted by Crippen LogP contribution is 2.16. The van der Waals surface area contributed by atoms with Crippen molar-refractivity contribution in [1.29, 1.82) is 5.26 Å². The van der Waals surface area contributed by atoms with E-state index in [1.807, 2.05) is 6.07 Å². The summed E-state index contributed by atoms with van der Waals surface area (Å²) in [7, 11) is 1.56. The van der Waals surface area contributed by atoms with E-state index in [1.165, 1.54) is 6.08 Å². The summed E-state index contributed by atoms with van der Waals surface area (Å²) in [5, 5.41) is 17.0. The molecular weight excluding hydrogens is 276 g/mol. The number of methoxy groups -OCH3 is 1. The van der Waals surface area contributed by atoms with Crippen molar-refractivity contribution in [1.82, 2.24) is 9.59 Å². The van der Waals surface area contributed by atoms with Crippen LogP contribution in [0, 0.1) is 11.3 Å². The Labute approximate surface area is 119 Å². The molecule has 1 aromatic carbocycles. The summed E-state index contributed by atoms with van der Waals surface area (Å²) in [6, 6.07) is 8.66. The summed E-state index contributed by atoms with van der Waals surface area (Å²) < 4.78 is 8.69. The van der Waals surface area contributed by atoms with Gasteiger partial charge in [0.1, 0.15) is 17.4 Å². The molecule has 0 fully saturated rings. The molecule has 0 aliphatic heterocycles. The zero-order chi connectivity index (χ0) is 14.4. The highest BCUT2D eigenvalue weighted by atomic mass is 32.1. The zero-order valence-electron chi connectivity index (χ0n) is 10.5. The Morgan fingerprint density at radius 1 is 1.45 bits per heavy atom. The molecule has 100 valence electrons. The van der Waals surface area contributed by atoms with Gasteiger partial charge in [-0.15, -0.1) is 5.10 Å². The molecule has 2 aromatic rings. The van der Waals surface area contributed by atoms with E-state index in [9.17, 15) is 4.79 Å². The fraction of sp³-hybridized carbons (Fsp3) is 0.0769. The summed E-state index contributed by atoms with van der Waals surface area (Å²) >= 11 is 1.15. The maximum Gasteiger partial charge on any atom is 0.266 e. The topological polar surface area (TPSA) is 87.9 Å². The first-order chi connectivity index (χ1) is 9.72. The van der Waals surface area contributed by atoms with Gasteiger partial charge in [0.15, 0.2) is 0 Å². The van der Waals surface area contributed by atoms with Crippen LogP contribution in [0.3, 0.4) is 0 Å². The third-order valence-electron chi connectivity index (χ3n) is 2.38. The van der Waals surface area contributed by atoms with Gasteiger partial charge in [0.05, 0.1) is 12.8 Å². The van der Waals surface area contributed by atoms with Gasteiger partial charge < -0.3 is 10.1 Å². The number of nitrogens with one attached hydrogen (secondary N) is 1. The van der Waals surface area contributed by atoms with Gasteiger partial charge in [-0.2, -0.15) is 5.26 Å². The van der Waals surface area contributed by atoms with Crippen LogP contribution in [0.4, 0.5) is 5.69 Å². The van der Waals surface area contributed by atoms with Crippen molar-refractivity contribution in [2.45, 2.75) is 0 Å². The molecule has 0 saturated heterocycles. The molecule has 6 nitrogen and oxygen atoms in total. The number of ether oxygens (including phenoxy) is 1. The van der Waals surface area contributed by atoms with Crippen LogP contribution >= 0.6 is 11.5 Å². The van der Waals surface area contributed by atoms with Gasteiger partial charge in [-0.25, -0.2) is 0 Å². The van der Waals surface area contributed by atoms with Crippen LogP contribution in [0.1, 0.15) is 5.69 Å². The Morgan fingerprint density at radius 3 is 2.75 bits per heavy atom. The molecule has 0 saturated carbocycles. The Morgan fingerprint density at radius 2 is 2.20 bits per heavy atom. The van der Waals surface area contributed by atoms with Gasteiger partial charge in [0.25, 0.3) is 5.91 Å². The van der Waals surface area contributed by atoms with Crippen molar-refractivity contribution in [2.24, 2.45) is 0 Å². The van der Waals surface area contributed by atoms with E-state index in [4.69, 9.17) is 10.00 Å². The van der Waals surface area contributed by atoms with Crippen LogP contribution in [0.15, 0.2) is 35.2 Å². The second-order valence-corrected chi connectivity index (χ2v) is 4.29. The number of carbonyl (C=O) groups excluding carboxylic acids is 1. The van der Waals surface area contributed by atoms with Crippen LogP contribution in [-0.2, 0) is 4.79 Å². The number of rotatable bonds is 4. The lowest BCUT2D eigenvalue weighted by Crippen LogP contribution is -2.13. The maximum atomic E-state index is 11.9. The highest BCUT2D eigenvalue weighted by Gasteiger charge is 2.10. The van der Waals surface area contributed by atoms with Crippen LogP contribution in [0.25, 0.3) is 6.08 Å². The van der Waals surface area contributed by atoms with Gasteiger partial charge in [-0.3, -0.25) is 4.79 Å². The third kappa shape index (κ3) is 3.40. The lowest BCUT2D eigenvalue weighted by atomic mass is 10.2. The minimum Gasteiger partial charge on any atom is -0.497 e. The van der Waals surface area contributed by atoms with E-state index in [2.05, 4.69) is 14.9 Å². The van der Waals surface area contributed by atoms with Crippen LogP contribution in [0.5, 0.6) is 5.75 Å². The molecule has 0 atom stereocenters. The smallest absolute Gasteiger partial charge is 0.266 e. The largest absolute Gasteiger partial charge is 0.497 e. The second kappa shape index (κ2) is 6.45. The average Bonchev–Trinajstić information content (AvgIpc) is 2.98. The molecule has 0 radical (unpaired) electrons. The quantitative estimate of drug-likeness (QED) is 0.686. The van der Waals surface area contributed by atoms with Gasteiger partial charge in [-0.1, -0.05) is 4.49 Å². The fourth-order valence-electron chi connectivity index (χ4n) is 1.40. The van der Waals surface area contributed by atoms with Crippen LogP contribution < -0.4 is 10.1 Å². The van der Waals surface area contributed by atoms with Crippen molar-refractivity contribution in [3.8, 4) is 11.8 Å². The van der Waals surface area contributed by atoms with Crippen molar-refractivity contribution in [3.05, 3.63) is 40.9 Å². The number of nitrogens with zero attached hydrogens (tertiary/aromatic N) is 3. The maximum absolute atomic E-state index is 11.9. The molecule has 20 heavy (non-hydrogen) atoms. The van der Waals surface area contributed by atoms with Gasteiger partial charge in [-0.05, 0) is 41.9 Å². The predicted molar refractivity (Wildman–Crippen MR) is 75.1 cm³/mol. The predicted octanol–water partition coefficient (Wildman–Crippen LogP) is 2.09. The van der Waals surface area contributed by atoms with Crippen molar-refractivity contribution >= 4 is 29.2 Å². The summed E-state index contributed by atoms with van der Waals surface area (Å²) in [6.07, 6.45) is 1.39. The summed E-state index contributed by atoms with van der Waals surface area (Å²) in [5.41, 5.74) is 1.03. The molecule has 0 spiro atoms. The standard InChI is InChI=1S/C13H10N4O2S/c1-19-12-4-2-10(3-5-12)15-13(18)9(7-14)6-11-8-20-17-16-11/h2-6,8H,1H3,(H,15,18)/b9-6+. The van der Waals surface area contributed by atoms with E-state index in [0.717, 1.165) is 11.5 Å². The normalized spacial score (nSPS) is 10.7. The number of amides is 1. The third-order valence-corrected chi connectivity index (χ3v) is 2.90. The summed E-state index contributed by atoms with van der Waals surface area (Å²) in [6.45, 7) is 0. The zero-order valence-corrected chi connectivity index (χ0v) is 11.3. The molecule has 0 unspecified atom stereocenters. The number of benzene rings is 1. The van der Waals surface area contributed by atoms with Crippen molar-refractivity contribution in [2.75, 3.05) is 12.4 Å². The lowest BCUT2D eigenvalue weighted by molar-refractivity contribution is -0.112. The lowest BCUT2D eigenvalue weighted by Gasteiger charge is -2.05. The first-order valence-electron chi connectivity index (χ1n) is 5.57. The first-order valence-corrected chi connectivity index (χ1v) is 6.41. The van der Waals surface area contributed by atoms with Gasteiger partial charge in [0.2, 0.25) is 0 Å². The second-order valence-electron chi connectivity index (χ2n) is 3.68. The van der Waals surface area contributed by atoms with Gasteiger partial charge >= 0.3 is 0 Å². The molecule has 0 bridgehead atoms. The number of nitriles is 1. The monoisotopic (exact) mass is 286 g/mol. The van der Waals surface area contributed by atoms with E-state index in [1.54, 1.807) is 36.8 Å². The number of hydrogen-bond acceptors (Lipinski definition) is 6. The van der Waals surface area contributed by atoms with Crippen molar-refractivity contribution in [3.63, 3.8) is 0 Å². The Kier molecular flexibility index (Phi) is 4.42. The molecule has 1 N–H and O–H groups in total. The van der Waals surface area contributed by atoms with E-state index < -0.39 is 5.91 Å². The molecule has 1 amide bonds. The Hall–Kier alpha value is -2.72. The molecule has 2 rings (SSSR count).